The first-order chi connectivity index (χ1) is 15.4. The zero-order valence-corrected chi connectivity index (χ0v) is 19.2. The number of nitrogens with one attached hydrogen (secondary N) is 1. The maximum atomic E-state index is 13.6. The fraction of sp³-hybridized carbons (Fsp3) is 0.417. The molecule has 1 amide bonds. The Kier molecular flexibility index (Phi) is 6.62. The molecule has 2 aliphatic heterocycles. The molecule has 0 spiro atoms. The summed E-state index contributed by atoms with van der Waals surface area (Å²) in [6, 6.07) is 16.0. The third-order valence-electron chi connectivity index (χ3n) is 5.81. The SMILES string of the molecule is CCCCC(N=C1NS(=O)(=O)c2ccccc21)C(=O)N1CC(C)OC(c2ccccc2)C1. The standard InChI is InChI=1S/C24H29N3O4S/c1-3-4-13-20(25-23-19-12-8-9-14-22(19)32(29,30)26-23)24(28)27-15-17(2)31-21(16-27)18-10-6-5-7-11-18/h5-12,14,17,20-21H,3-4,13,15-16H2,1-2H3,(H,25,26). The van der Waals surface area contributed by atoms with Crippen LogP contribution < -0.4 is 4.72 Å². The van der Waals surface area contributed by atoms with Gasteiger partial charge in [0.2, 0.25) is 5.91 Å². The molecule has 8 heteroatoms. The van der Waals surface area contributed by atoms with Gasteiger partial charge in [0.15, 0.2) is 0 Å². The van der Waals surface area contributed by atoms with Gasteiger partial charge in [-0.3, -0.25) is 14.5 Å². The van der Waals surface area contributed by atoms with E-state index in [-0.39, 0.29) is 28.8 Å². The predicted octanol–water partition coefficient (Wildman–Crippen LogP) is 3.27. The number of nitrogens with zero attached hydrogens (tertiary/aromatic N) is 2. The molecule has 7 nitrogen and oxygen atoms in total. The van der Waals surface area contributed by atoms with Gasteiger partial charge in [0, 0.05) is 12.1 Å². The molecular formula is C24H29N3O4S. The van der Waals surface area contributed by atoms with Crippen LogP contribution in [-0.2, 0) is 19.6 Å². The van der Waals surface area contributed by atoms with Gasteiger partial charge >= 0.3 is 0 Å². The van der Waals surface area contributed by atoms with E-state index in [2.05, 4.69) is 16.6 Å². The van der Waals surface area contributed by atoms with Crippen LogP contribution in [0.5, 0.6) is 0 Å². The average molecular weight is 456 g/mol. The molecule has 3 atom stereocenters. The number of fused-ring (bicyclic) bond motifs is 1. The quantitative estimate of drug-likeness (QED) is 0.724. The molecule has 2 aromatic rings. The third kappa shape index (κ3) is 4.71. The molecule has 1 saturated heterocycles. The first kappa shape index (κ1) is 22.5. The molecule has 0 saturated carbocycles. The van der Waals surface area contributed by atoms with Crippen LogP contribution in [0, 0.1) is 0 Å². The largest absolute Gasteiger partial charge is 0.367 e. The summed E-state index contributed by atoms with van der Waals surface area (Å²) in [6.07, 6.45) is 1.99. The average Bonchev–Trinajstić information content (AvgIpc) is 3.06. The van der Waals surface area contributed by atoms with Gasteiger partial charge in [-0.2, -0.15) is 0 Å². The number of amides is 1. The molecule has 32 heavy (non-hydrogen) atoms. The van der Waals surface area contributed by atoms with Gasteiger partial charge in [-0.05, 0) is 31.0 Å². The van der Waals surface area contributed by atoms with E-state index in [0.29, 0.717) is 25.1 Å². The Morgan fingerprint density at radius 1 is 1.16 bits per heavy atom. The minimum atomic E-state index is -3.65. The van der Waals surface area contributed by atoms with Crippen molar-refractivity contribution in [2.45, 2.75) is 56.3 Å². The molecule has 2 heterocycles. The molecule has 0 bridgehead atoms. The lowest BCUT2D eigenvalue weighted by molar-refractivity contribution is -0.146. The van der Waals surface area contributed by atoms with Gasteiger partial charge in [0.1, 0.15) is 18.0 Å². The number of sulfonamides is 1. The van der Waals surface area contributed by atoms with Gasteiger partial charge < -0.3 is 9.64 Å². The number of benzene rings is 2. The number of amidine groups is 1. The van der Waals surface area contributed by atoms with Crippen molar-refractivity contribution in [1.82, 2.24) is 9.62 Å². The van der Waals surface area contributed by atoms with E-state index < -0.39 is 16.1 Å². The summed E-state index contributed by atoms with van der Waals surface area (Å²) >= 11 is 0. The molecule has 0 aromatic heterocycles. The fourth-order valence-electron chi connectivity index (χ4n) is 4.22. The second-order valence-corrected chi connectivity index (χ2v) is 9.98. The van der Waals surface area contributed by atoms with E-state index in [0.717, 1.165) is 18.4 Å². The normalized spacial score (nSPS) is 24.1. The highest BCUT2D eigenvalue weighted by Gasteiger charge is 2.35. The van der Waals surface area contributed by atoms with Crippen LogP contribution in [0.3, 0.4) is 0 Å². The summed E-state index contributed by atoms with van der Waals surface area (Å²) < 4.78 is 33.6. The summed E-state index contributed by atoms with van der Waals surface area (Å²) in [4.78, 5) is 20.2. The predicted molar refractivity (Wildman–Crippen MR) is 123 cm³/mol. The van der Waals surface area contributed by atoms with Crippen molar-refractivity contribution in [3.8, 4) is 0 Å². The second-order valence-electron chi connectivity index (χ2n) is 8.33. The number of morpholine rings is 1. The smallest absolute Gasteiger partial charge is 0.263 e. The Hall–Kier alpha value is -2.71. The van der Waals surface area contributed by atoms with Gasteiger partial charge in [0.25, 0.3) is 10.0 Å². The van der Waals surface area contributed by atoms with Crippen LogP contribution in [0.25, 0.3) is 0 Å². The lowest BCUT2D eigenvalue weighted by Crippen LogP contribution is -2.49. The van der Waals surface area contributed by atoms with Crippen LogP contribution in [0.2, 0.25) is 0 Å². The van der Waals surface area contributed by atoms with Crippen molar-refractivity contribution in [3.05, 3.63) is 65.7 Å². The molecule has 2 aliphatic rings. The Morgan fingerprint density at radius 2 is 1.88 bits per heavy atom. The van der Waals surface area contributed by atoms with E-state index in [1.165, 1.54) is 0 Å². The lowest BCUT2D eigenvalue weighted by Gasteiger charge is -2.38. The van der Waals surface area contributed by atoms with Gasteiger partial charge in [0.05, 0.1) is 17.5 Å². The lowest BCUT2D eigenvalue weighted by atomic mass is 10.0. The molecule has 170 valence electrons. The Labute approximate surface area is 189 Å². The summed E-state index contributed by atoms with van der Waals surface area (Å²) in [6.45, 7) is 4.95. The number of carbonyl (C=O) groups excluding carboxylic acids is 1. The molecule has 0 aliphatic carbocycles. The van der Waals surface area contributed by atoms with Crippen molar-refractivity contribution in [2.75, 3.05) is 13.1 Å². The van der Waals surface area contributed by atoms with Crippen molar-refractivity contribution >= 4 is 21.8 Å². The van der Waals surface area contributed by atoms with Crippen molar-refractivity contribution < 1.29 is 17.9 Å². The highest BCUT2D eigenvalue weighted by molar-refractivity contribution is 7.90. The van der Waals surface area contributed by atoms with Crippen molar-refractivity contribution in [1.29, 1.82) is 0 Å². The molecular weight excluding hydrogens is 426 g/mol. The van der Waals surface area contributed by atoms with Crippen LogP contribution in [0.15, 0.2) is 64.5 Å². The number of hydrogen-bond acceptors (Lipinski definition) is 5. The summed E-state index contributed by atoms with van der Waals surface area (Å²) in [5.41, 5.74) is 1.55. The molecule has 1 fully saturated rings. The molecule has 4 rings (SSSR count). The maximum Gasteiger partial charge on any atom is 0.263 e. The zero-order valence-electron chi connectivity index (χ0n) is 18.4. The van der Waals surface area contributed by atoms with E-state index in [9.17, 15) is 13.2 Å². The van der Waals surface area contributed by atoms with Gasteiger partial charge in [-0.25, -0.2) is 8.42 Å². The second kappa shape index (κ2) is 9.42. The summed E-state index contributed by atoms with van der Waals surface area (Å²) in [7, 11) is -3.65. The number of unbranched alkanes of at least 4 members (excludes halogenated alkanes) is 1. The van der Waals surface area contributed by atoms with Crippen molar-refractivity contribution in [2.24, 2.45) is 4.99 Å². The van der Waals surface area contributed by atoms with Crippen LogP contribution in [-0.4, -0.2) is 50.3 Å². The monoisotopic (exact) mass is 455 g/mol. The minimum absolute atomic E-state index is 0.0920. The first-order valence-corrected chi connectivity index (χ1v) is 12.6. The highest BCUT2D eigenvalue weighted by Crippen LogP contribution is 2.27. The van der Waals surface area contributed by atoms with Crippen LogP contribution in [0.1, 0.15) is 50.3 Å². The maximum absolute atomic E-state index is 13.6. The molecule has 0 radical (unpaired) electrons. The van der Waals surface area contributed by atoms with Crippen molar-refractivity contribution in [3.63, 3.8) is 0 Å². The molecule has 2 aromatic carbocycles. The molecule has 1 N–H and O–H groups in total. The van der Waals surface area contributed by atoms with E-state index in [1.54, 1.807) is 24.3 Å². The number of ether oxygens (including phenoxy) is 1. The number of carbonyl (C=O) groups is 1. The first-order valence-electron chi connectivity index (χ1n) is 11.1. The number of rotatable bonds is 6. The summed E-state index contributed by atoms with van der Waals surface area (Å²) in [5.74, 6) is 0.154. The van der Waals surface area contributed by atoms with E-state index >= 15 is 0 Å². The fourth-order valence-corrected chi connectivity index (χ4v) is 5.46. The van der Waals surface area contributed by atoms with Crippen LogP contribution >= 0.6 is 0 Å². The topological polar surface area (TPSA) is 88.1 Å². The minimum Gasteiger partial charge on any atom is -0.367 e. The summed E-state index contributed by atoms with van der Waals surface area (Å²) in [5, 5.41) is 0. The van der Waals surface area contributed by atoms with E-state index in [4.69, 9.17) is 4.74 Å². The van der Waals surface area contributed by atoms with Gasteiger partial charge in [-0.1, -0.05) is 62.2 Å². The highest BCUT2D eigenvalue weighted by atomic mass is 32.2. The Morgan fingerprint density at radius 3 is 2.62 bits per heavy atom. The Balaban J connectivity index is 1.61. The van der Waals surface area contributed by atoms with Crippen LogP contribution in [0.4, 0.5) is 0 Å². The zero-order chi connectivity index (χ0) is 22.7. The third-order valence-corrected chi connectivity index (χ3v) is 7.20. The van der Waals surface area contributed by atoms with E-state index in [1.807, 2.05) is 42.2 Å². The number of aliphatic imine (C=N–C) groups is 1. The van der Waals surface area contributed by atoms with Gasteiger partial charge in [-0.15, -0.1) is 0 Å². The Bertz CT molecular complexity index is 1100. The molecule has 3 unspecified atom stereocenters. The number of hydrogen-bond donors (Lipinski definition) is 1.